The molecule has 0 saturated carbocycles. The van der Waals surface area contributed by atoms with Crippen LogP contribution in [0.4, 0.5) is 0 Å². The Balaban J connectivity index is 2.49. The van der Waals surface area contributed by atoms with Crippen molar-refractivity contribution < 1.29 is 8.42 Å². The highest BCUT2D eigenvalue weighted by molar-refractivity contribution is 7.90. The maximum atomic E-state index is 11.1. The van der Waals surface area contributed by atoms with Crippen LogP contribution in [-0.2, 0) is 9.84 Å². The molecule has 0 saturated heterocycles. The summed E-state index contributed by atoms with van der Waals surface area (Å²) >= 11 is 1.73. The van der Waals surface area contributed by atoms with Crippen LogP contribution in [0, 0.1) is 0 Å². The Morgan fingerprint density at radius 1 is 1.45 bits per heavy atom. The molecule has 0 bridgehead atoms. The van der Waals surface area contributed by atoms with E-state index in [9.17, 15) is 8.42 Å². The van der Waals surface area contributed by atoms with E-state index in [1.807, 2.05) is 13.0 Å². The normalized spacial score (nSPS) is 14.1. The molecule has 1 heterocycles. The number of sulfone groups is 1. The minimum absolute atomic E-state index is 0.109. The molecular weight excluding hydrogens is 294 g/mol. The number of thiophene rings is 1. The van der Waals surface area contributed by atoms with Crippen molar-refractivity contribution in [2.24, 2.45) is 4.99 Å². The average molecular weight is 317 g/mol. The number of hydrogen-bond acceptors (Lipinski definition) is 4. The van der Waals surface area contributed by atoms with Gasteiger partial charge in [0.05, 0.1) is 12.3 Å². The predicted molar refractivity (Wildman–Crippen MR) is 86.4 cm³/mol. The fourth-order valence-electron chi connectivity index (χ4n) is 1.59. The number of aliphatic imine (C=N–C) groups is 1. The van der Waals surface area contributed by atoms with Crippen molar-refractivity contribution in [1.29, 1.82) is 0 Å². The summed E-state index contributed by atoms with van der Waals surface area (Å²) < 4.78 is 22.2. The van der Waals surface area contributed by atoms with Gasteiger partial charge in [-0.15, -0.1) is 11.3 Å². The Hall–Kier alpha value is -1.08. The first-order valence-corrected chi connectivity index (χ1v) is 9.59. The molecule has 0 aromatic carbocycles. The van der Waals surface area contributed by atoms with Crippen LogP contribution in [0.15, 0.2) is 22.5 Å². The Labute approximate surface area is 125 Å². The highest BCUT2D eigenvalue weighted by Gasteiger charge is 2.07. The van der Waals surface area contributed by atoms with Gasteiger partial charge >= 0.3 is 0 Å². The molecule has 1 aromatic heterocycles. The lowest BCUT2D eigenvalue weighted by Crippen LogP contribution is -2.39. The van der Waals surface area contributed by atoms with E-state index in [4.69, 9.17) is 0 Å². The van der Waals surface area contributed by atoms with E-state index in [1.165, 1.54) is 11.1 Å². The first kappa shape index (κ1) is 17.0. The lowest BCUT2D eigenvalue weighted by atomic mass is 10.1. The van der Waals surface area contributed by atoms with Gasteiger partial charge in [0, 0.05) is 30.1 Å². The number of hydrogen-bond donors (Lipinski definition) is 2. The van der Waals surface area contributed by atoms with E-state index in [0.29, 0.717) is 25.0 Å². The van der Waals surface area contributed by atoms with Crippen molar-refractivity contribution in [2.45, 2.75) is 19.8 Å². The molecule has 1 unspecified atom stereocenters. The third-order valence-corrected chi connectivity index (χ3v) is 4.71. The zero-order valence-electron chi connectivity index (χ0n) is 12.2. The highest BCUT2D eigenvalue weighted by atomic mass is 32.2. The summed E-state index contributed by atoms with van der Waals surface area (Å²) in [6.07, 6.45) is 1.23. The van der Waals surface area contributed by atoms with Crippen LogP contribution in [0.3, 0.4) is 0 Å². The Bertz CT molecular complexity index is 510. The van der Waals surface area contributed by atoms with Crippen molar-refractivity contribution in [3.63, 3.8) is 0 Å². The van der Waals surface area contributed by atoms with Crippen LogP contribution in [0.2, 0.25) is 0 Å². The molecule has 0 aliphatic rings. The van der Waals surface area contributed by atoms with Crippen LogP contribution in [0.1, 0.15) is 24.6 Å². The number of nitrogens with one attached hydrogen (secondary N) is 2. The summed E-state index contributed by atoms with van der Waals surface area (Å²) in [5, 5.41) is 8.22. The topological polar surface area (TPSA) is 70.6 Å². The van der Waals surface area contributed by atoms with Crippen LogP contribution in [0.5, 0.6) is 0 Å². The van der Waals surface area contributed by atoms with E-state index in [-0.39, 0.29) is 5.75 Å². The predicted octanol–water partition coefficient (Wildman–Crippen LogP) is 1.45. The maximum absolute atomic E-state index is 11.1. The quantitative estimate of drug-likeness (QED) is 0.590. The molecule has 1 aromatic rings. The van der Waals surface area contributed by atoms with E-state index in [2.05, 4.69) is 34.0 Å². The van der Waals surface area contributed by atoms with Gasteiger partial charge in [0.1, 0.15) is 9.84 Å². The van der Waals surface area contributed by atoms with Gasteiger partial charge in [-0.25, -0.2) is 8.42 Å². The van der Waals surface area contributed by atoms with E-state index in [0.717, 1.165) is 6.54 Å². The summed E-state index contributed by atoms with van der Waals surface area (Å²) in [5.41, 5.74) is 0. The van der Waals surface area contributed by atoms with Crippen molar-refractivity contribution in [3.8, 4) is 0 Å². The molecule has 20 heavy (non-hydrogen) atoms. The molecule has 0 amide bonds. The van der Waals surface area contributed by atoms with Crippen LogP contribution >= 0.6 is 11.3 Å². The second kappa shape index (κ2) is 8.26. The van der Waals surface area contributed by atoms with Gasteiger partial charge < -0.3 is 10.6 Å². The lowest BCUT2D eigenvalue weighted by Gasteiger charge is -2.12. The van der Waals surface area contributed by atoms with Gasteiger partial charge in [-0.05, 0) is 18.4 Å². The minimum Gasteiger partial charge on any atom is -0.357 e. The van der Waals surface area contributed by atoms with Crippen molar-refractivity contribution in [1.82, 2.24) is 10.6 Å². The molecule has 7 heteroatoms. The smallest absolute Gasteiger partial charge is 0.191 e. The molecule has 0 aliphatic carbocycles. The fourth-order valence-corrected chi connectivity index (χ4v) is 2.84. The monoisotopic (exact) mass is 317 g/mol. The Morgan fingerprint density at radius 2 is 2.20 bits per heavy atom. The molecule has 114 valence electrons. The SMILES string of the molecule is CCNC(=NCC(C)c1cccs1)NCCS(C)(=O)=O. The van der Waals surface area contributed by atoms with Crippen molar-refractivity contribution in [3.05, 3.63) is 22.4 Å². The highest BCUT2D eigenvalue weighted by Crippen LogP contribution is 2.20. The Kier molecular flexibility index (Phi) is 7.01. The van der Waals surface area contributed by atoms with Crippen molar-refractivity contribution in [2.75, 3.05) is 31.6 Å². The van der Waals surface area contributed by atoms with Gasteiger partial charge in [-0.1, -0.05) is 13.0 Å². The van der Waals surface area contributed by atoms with E-state index >= 15 is 0 Å². The van der Waals surface area contributed by atoms with Gasteiger partial charge in [0.15, 0.2) is 5.96 Å². The third kappa shape index (κ3) is 6.91. The lowest BCUT2D eigenvalue weighted by molar-refractivity contribution is 0.600. The fraction of sp³-hybridized carbons (Fsp3) is 0.615. The first-order chi connectivity index (χ1) is 9.42. The first-order valence-electron chi connectivity index (χ1n) is 6.65. The molecule has 0 fully saturated rings. The number of guanidine groups is 1. The largest absolute Gasteiger partial charge is 0.357 e. The number of rotatable bonds is 7. The molecular formula is C13H23N3O2S2. The summed E-state index contributed by atoms with van der Waals surface area (Å²) in [5.74, 6) is 1.14. The second-order valence-electron chi connectivity index (χ2n) is 4.69. The second-order valence-corrected chi connectivity index (χ2v) is 7.93. The summed E-state index contributed by atoms with van der Waals surface area (Å²) in [6.45, 7) is 5.91. The molecule has 1 atom stereocenters. The standard InChI is InChI=1S/C13H23N3O2S2/c1-4-14-13(15-7-9-20(3,17)18)16-10-11(2)12-6-5-8-19-12/h5-6,8,11H,4,7,9-10H2,1-3H3,(H2,14,15,16). The van der Waals surface area contributed by atoms with Crippen molar-refractivity contribution >= 4 is 27.1 Å². The zero-order valence-corrected chi connectivity index (χ0v) is 13.9. The van der Waals surface area contributed by atoms with Crippen LogP contribution < -0.4 is 10.6 Å². The molecule has 0 aliphatic heterocycles. The average Bonchev–Trinajstić information content (AvgIpc) is 2.88. The van der Waals surface area contributed by atoms with E-state index < -0.39 is 9.84 Å². The minimum atomic E-state index is -2.95. The molecule has 0 spiro atoms. The van der Waals surface area contributed by atoms with E-state index in [1.54, 1.807) is 11.3 Å². The molecule has 1 rings (SSSR count). The summed E-state index contributed by atoms with van der Waals surface area (Å²) in [4.78, 5) is 5.80. The molecule has 0 radical (unpaired) electrons. The Morgan fingerprint density at radius 3 is 2.75 bits per heavy atom. The van der Waals surface area contributed by atoms with Gasteiger partial charge in [-0.2, -0.15) is 0 Å². The summed E-state index contributed by atoms with van der Waals surface area (Å²) in [6, 6.07) is 4.14. The number of nitrogens with zero attached hydrogens (tertiary/aromatic N) is 1. The summed E-state index contributed by atoms with van der Waals surface area (Å²) in [7, 11) is -2.95. The molecule has 2 N–H and O–H groups in total. The third-order valence-electron chi connectivity index (χ3n) is 2.66. The maximum Gasteiger partial charge on any atom is 0.191 e. The van der Waals surface area contributed by atoms with Crippen LogP contribution in [0.25, 0.3) is 0 Å². The van der Waals surface area contributed by atoms with Gasteiger partial charge in [-0.3, -0.25) is 4.99 Å². The zero-order chi connectivity index (χ0) is 15.0. The van der Waals surface area contributed by atoms with Gasteiger partial charge in [0.25, 0.3) is 0 Å². The van der Waals surface area contributed by atoms with Crippen LogP contribution in [-0.4, -0.2) is 46.0 Å². The molecule has 5 nitrogen and oxygen atoms in total. The van der Waals surface area contributed by atoms with Gasteiger partial charge in [0.2, 0.25) is 0 Å².